The van der Waals surface area contributed by atoms with Crippen molar-refractivity contribution in [2.75, 3.05) is 24.5 Å². The van der Waals surface area contributed by atoms with Crippen LogP contribution in [0.2, 0.25) is 0 Å². The second-order valence-corrected chi connectivity index (χ2v) is 5.60. The van der Waals surface area contributed by atoms with Crippen LogP contribution in [0.1, 0.15) is 19.0 Å². The Morgan fingerprint density at radius 2 is 2.22 bits per heavy atom. The van der Waals surface area contributed by atoms with Gasteiger partial charge in [-0.1, -0.05) is 23.4 Å². The minimum atomic E-state index is 0.394. The van der Waals surface area contributed by atoms with Gasteiger partial charge in [0.1, 0.15) is 12.0 Å². The van der Waals surface area contributed by atoms with Crippen LogP contribution in [0.3, 0.4) is 0 Å². The molecular formula is C17H23N5O. The van der Waals surface area contributed by atoms with Gasteiger partial charge in [-0.2, -0.15) is 0 Å². The molecule has 2 aromatic rings. The van der Waals surface area contributed by atoms with Crippen LogP contribution in [-0.2, 0) is 6.54 Å². The van der Waals surface area contributed by atoms with Crippen LogP contribution in [0.25, 0.3) is 0 Å². The maximum Gasteiger partial charge on any atom is 0.191 e. The Morgan fingerprint density at radius 1 is 1.35 bits per heavy atom. The fourth-order valence-corrected chi connectivity index (χ4v) is 2.74. The molecule has 1 aliphatic rings. The molecular weight excluding hydrogens is 290 g/mol. The predicted octanol–water partition coefficient (Wildman–Crippen LogP) is 2.01. The van der Waals surface area contributed by atoms with Crippen molar-refractivity contribution in [3.05, 3.63) is 48.4 Å². The number of rotatable bonds is 5. The maximum atomic E-state index is 4.84. The van der Waals surface area contributed by atoms with Crippen LogP contribution in [0.5, 0.6) is 0 Å². The molecule has 1 aliphatic heterocycles. The lowest BCUT2D eigenvalue weighted by Gasteiger charge is -2.20. The van der Waals surface area contributed by atoms with E-state index in [0.717, 1.165) is 37.7 Å². The molecule has 6 heteroatoms. The summed E-state index contributed by atoms with van der Waals surface area (Å²) >= 11 is 0. The summed E-state index contributed by atoms with van der Waals surface area (Å²) in [6.45, 7) is 5.46. The topological polar surface area (TPSA) is 65.7 Å². The van der Waals surface area contributed by atoms with Gasteiger partial charge in [-0.25, -0.2) is 4.99 Å². The number of benzene rings is 1. The first-order valence-corrected chi connectivity index (χ1v) is 8.09. The van der Waals surface area contributed by atoms with Crippen molar-refractivity contribution in [3.63, 3.8) is 0 Å². The molecule has 2 heterocycles. The zero-order valence-electron chi connectivity index (χ0n) is 13.4. The van der Waals surface area contributed by atoms with Crippen molar-refractivity contribution in [2.45, 2.75) is 25.9 Å². The Labute approximate surface area is 136 Å². The summed E-state index contributed by atoms with van der Waals surface area (Å²) in [5.41, 5.74) is 2.11. The van der Waals surface area contributed by atoms with Gasteiger partial charge >= 0.3 is 0 Å². The van der Waals surface area contributed by atoms with Gasteiger partial charge in [-0.05, 0) is 25.5 Å². The van der Waals surface area contributed by atoms with E-state index in [-0.39, 0.29) is 0 Å². The average molecular weight is 313 g/mol. The first-order chi connectivity index (χ1) is 11.3. The third-order valence-electron chi connectivity index (χ3n) is 3.89. The van der Waals surface area contributed by atoms with Gasteiger partial charge in [0, 0.05) is 37.4 Å². The molecule has 6 nitrogen and oxygen atoms in total. The number of nitrogens with one attached hydrogen (secondary N) is 2. The molecule has 2 N–H and O–H groups in total. The van der Waals surface area contributed by atoms with E-state index in [1.807, 2.05) is 6.07 Å². The Kier molecular flexibility index (Phi) is 5.13. The number of hydrogen-bond acceptors (Lipinski definition) is 4. The van der Waals surface area contributed by atoms with Crippen LogP contribution in [-0.4, -0.2) is 36.8 Å². The second-order valence-electron chi connectivity index (χ2n) is 5.60. The standard InChI is InChI=1S/C17H23N5O/c1-2-18-17(19-12-14-9-11-23-21-14)20-15-8-10-22(13-15)16-6-4-3-5-7-16/h3-7,9,11,15H,2,8,10,12-13H2,1H3,(H2,18,19,20). The monoisotopic (exact) mass is 313 g/mol. The fraction of sp³-hybridized carbons (Fsp3) is 0.412. The summed E-state index contributed by atoms with van der Waals surface area (Å²) in [5.74, 6) is 0.829. The highest BCUT2D eigenvalue weighted by Crippen LogP contribution is 2.19. The van der Waals surface area contributed by atoms with Crippen molar-refractivity contribution in [3.8, 4) is 0 Å². The smallest absolute Gasteiger partial charge is 0.191 e. The summed E-state index contributed by atoms with van der Waals surface area (Å²) in [6, 6.07) is 12.8. The van der Waals surface area contributed by atoms with E-state index in [0.29, 0.717) is 12.6 Å². The molecule has 0 radical (unpaired) electrons. The largest absolute Gasteiger partial charge is 0.369 e. The van der Waals surface area contributed by atoms with E-state index in [1.54, 1.807) is 6.26 Å². The zero-order valence-corrected chi connectivity index (χ0v) is 13.4. The van der Waals surface area contributed by atoms with Crippen molar-refractivity contribution < 1.29 is 4.52 Å². The molecule has 0 amide bonds. The molecule has 1 saturated heterocycles. The summed E-state index contributed by atoms with van der Waals surface area (Å²) in [6.07, 6.45) is 2.67. The van der Waals surface area contributed by atoms with Gasteiger partial charge in [0.25, 0.3) is 0 Å². The molecule has 1 unspecified atom stereocenters. The highest BCUT2D eigenvalue weighted by molar-refractivity contribution is 5.80. The molecule has 23 heavy (non-hydrogen) atoms. The molecule has 1 fully saturated rings. The molecule has 122 valence electrons. The molecule has 0 spiro atoms. The quantitative estimate of drug-likeness (QED) is 0.653. The van der Waals surface area contributed by atoms with E-state index in [4.69, 9.17) is 4.52 Å². The minimum absolute atomic E-state index is 0.394. The summed E-state index contributed by atoms with van der Waals surface area (Å²) in [4.78, 5) is 6.97. The van der Waals surface area contributed by atoms with Crippen molar-refractivity contribution in [2.24, 2.45) is 4.99 Å². The number of anilines is 1. The van der Waals surface area contributed by atoms with Gasteiger partial charge < -0.3 is 20.1 Å². The van der Waals surface area contributed by atoms with Crippen molar-refractivity contribution in [1.82, 2.24) is 15.8 Å². The number of para-hydroxylation sites is 1. The Balaban J connectivity index is 1.57. The van der Waals surface area contributed by atoms with E-state index >= 15 is 0 Å². The highest BCUT2D eigenvalue weighted by atomic mass is 16.5. The third-order valence-corrected chi connectivity index (χ3v) is 3.89. The Hall–Kier alpha value is -2.50. The fourth-order valence-electron chi connectivity index (χ4n) is 2.74. The Bertz CT molecular complexity index is 611. The van der Waals surface area contributed by atoms with Crippen LogP contribution < -0.4 is 15.5 Å². The van der Waals surface area contributed by atoms with Gasteiger partial charge in [0.15, 0.2) is 5.96 Å². The van der Waals surface area contributed by atoms with Crippen molar-refractivity contribution >= 4 is 11.6 Å². The second kappa shape index (κ2) is 7.67. The van der Waals surface area contributed by atoms with E-state index in [1.165, 1.54) is 5.69 Å². The number of aliphatic imine (C=N–C) groups is 1. The normalized spacial score (nSPS) is 18.2. The minimum Gasteiger partial charge on any atom is -0.369 e. The molecule has 0 aliphatic carbocycles. The Morgan fingerprint density at radius 3 is 2.96 bits per heavy atom. The SMILES string of the molecule is CCNC(=NCc1ccon1)NC1CCN(c2ccccc2)C1. The summed E-state index contributed by atoms with van der Waals surface area (Å²) in [7, 11) is 0. The molecule has 1 aromatic heterocycles. The number of nitrogens with zero attached hydrogens (tertiary/aromatic N) is 3. The van der Waals surface area contributed by atoms with Crippen LogP contribution in [0, 0.1) is 0 Å². The van der Waals surface area contributed by atoms with Crippen LogP contribution in [0.15, 0.2) is 52.2 Å². The lowest BCUT2D eigenvalue weighted by molar-refractivity contribution is 0.412. The van der Waals surface area contributed by atoms with Gasteiger partial charge in [0.05, 0.1) is 6.54 Å². The maximum absolute atomic E-state index is 4.84. The first kappa shape index (κ1) is 15.4. The van der Waals surface area contributed by atoms with Gasteiger partial charge in [0.2, 0.25) is 0 Å². The zero-order chi connectivity index (χ0) is 15.9. The predicted molar refractivity (Wildman–Crippen MR) is 91.5 cm³/mol. The average Bonchev–Trinajstić information content (AvgIpc) is 3.25. The van der Waals surface area contributed by atoms with Crippen LogP contribution in [0.4, 0.5) is 5.69 Å². The molecule has 3 rings (SSSR count). The number of aromatic nitrogens is 1. The van der Waals surface area contributed by atoms with Crippen molar-refractivity contribution in [1.29, 1.82) is 0 Å². The van der Waals surface area contributed by atoms with E-state index < -0.39 is 0 Å². The number of hydrogen-bond donors (Lipinski definition) is 2. The molecule has 1 atom stereocenters. The summed E-state index contributed by atoms with van der Waals surface area (Å²) in [5, 5.41) is 10.7. The van der Waals surface area contributed by atoms with Gasteiger partial charge in [-0.15, -0.1) is 0 Å². The number of guanidine groups is 1. The van der Waals surface area contributed by atoms with Gasteiger partial charge in [-0.3, -0.25) is 0 Å². The molecule has 0 saturated carbocycles. The lowest BCUT2D eigenvalue weighted by Crippen LogP contribution is -2.44. The first-order valence-electron chi connectivity index (χ1n) is 8.09. The molecule has 0 bridgehead atoms. The van der Waals surface area contributed by atoms with Crippen LogP contribution >= 0.6 is 0 Å². The summed E-state index contributed by atoms with van der Waals surface area (Å²) < 4.78 is 4.84. The third kappa shape index (κ3) is 4.25. The lowest BCUT2D eigenvalue weighted by atomic mass is 10.3. The molecule has 1 aromatic carbocycles. The van der Waals surface area contributed by atoms with E-state index in [2.05, 4.69) is 62.9 Å². The van der Waals surface area contributed by atoms with E-state index in [9.17, 15) is 0 Å². The highest BCUT2D eigenvalue weighted by Gasteiger charge is 2.23.